The summed E-state index contributed by atoms with van der Waals surface area (Å²) in [5.41, 5.74) is 6.10. The summed E-state index contributed by atoms with van der Waals surface area (Å²) < 4.78 is 45.4. The number of nitrogens with zero attached hydrogens (tertiary/aromatic N) is 1. The normalized spacial score (nSPS) is 11.0. The smallest absolute Gasteiger partial charge is 0.267 e. The van der Waals surface area contributed by atoms with Crippen LogP contribution in [-0.4, -0.2) is 36.7 Å². The third-order valence-electron chi connectivity index (χ3n) is 3.44. The second-order valence-corrected chi connectivity index (χ2v) is 8.17. The van der Waals surface area contributed by atoms with Gasteiger partial charge in [0.25, 0.3) is 16.0 Å². The van der Waals surface area contributed by atoms with E-state index in [0.29, 0.717) is 24.5 Å². The first-order valence-electron chi connectivity index (χ1n) is 8.81. The number of primary amides is 1. The Morgan fingerprint density at radius 3 is 2.45 bits per heavy atom. The molecule has 0 aliphatic heterocycles. The number of halogens is 1. The first-order chi connectivity index (χ1) is 13.5. The fourth-order valence-electron chi connectivity index (χ4n) is 2.07. The quantitative estimate of drug-likeness (QED) is 0.436. The highest BCUT2D eigenvalue weighted by Crippen LogP contribution is 2.24. The molecular weight excluding hydrogens is 401 g/mol. The predicted molar refractivity (Wildman–Crippen MR) is 108 cm³/mol. The first kappa shape index (κ1) is 24.5. The lowest BCUT2D eigenvalue weighted by molar-refractivity contribution is 0.0995. The summed E-state index contributed by atoms with van der Waals surface area (Å²) in [6.45, 7) is 5.84. The Morgan fingerprint density at radius 2 is 1.97 bits per heavy atom. The van der Waals surface area contributed by atoms with Crippen LogP contribution in [0, 0.1) is 11.7 Å². The standard InChI is InChI=1S/C18H22FN3O2.CH4O3S/c1-12(2)7-8-21-10-13-3-6-17(15(19)9-13)24-14-4-5-16(18(20)23)22-11-14;1-5(2,3)4/h3-6,9,11-12,21H,7-8,10H2,1-2H3,(H2,20,23);1H3,(H,2,3,4). The molecule has 1 amide bonds. The molecule has 2 aromatic rings. The number of nitrogens with one attached hydrogen (secondary N) is 1. The van der Waals surface area contributed by atoms with Crippen molar-refractivity contribution in [2.45, 2.75) is 26.8 Å². The largest absolute Gasteiger partial charge is 0.453 e. The Bertz CT molecular complexity index is 895. The molecule has 1 aromatic heterocycles. The fraction of sp³-hybridized carbons (Fsp3) is 0.368. The molecule has 2 rings (SSSR count). The van der Waals surface area contributed by atoms with Crippen molar-refractivity contribution in [2.75, 3.05) is 12.8 Å². The van der Waals surface area contributed by atoms with Crippen molar-refractivity contribution in [3.05, 3.63) is 53.6 Å². The Labute approximate surface area is 170 Å². The minimum absolute atomic E-state index is 0.106. The van der Waals surface area contributed by atoms with E-state index in [9.17, 15) is 17.6 Å². The van der Waals surface area contributed by atoms with Crippen LogP contribution in [0.15, 0.2) is 36.5 Å². The van der Waals surface area contributed by atoms with Gasteiger partial charge in [-0.25, -0.2) is 9.37 Å². The molecule has 0 aliphatic carbocycles. The van der Waals surface area contributed by atoms with E-state index < -0.39 is 21.8 Å². The second-order valence-electron chi connectivity index (χ2n) is 6.70. The molecule has 1 heterocycles. The summed E-state index contributed by atoms with van der Waals surface area (Å²) >= 11 is 0. The van der Waals surface area contributed by atoms with Gasteiger partial charge in [-0.1, -0.05) is 19.9 Å². The van der Waals surface area contributed by atoms with E-state index in [0.717, 1.165) is 18.5 Å². The van der Waals surface area contributed by atoms with Crippen LogP contribution < -0.4 is 15.8 Å². The molecule has 0 radical (unpaired) electrons. The molecule has 1 aromatic carbocycles. The van der Waals surface area contributed by atoms with Gasteiger partial charge in [0.2, 0.25) is 0 Å². The molecule has 0 unspecified atom stereocenters. The van der Waals surface area contributed by atoms with Crippen LogP contribution in [-0.2, 0) is 16.7 Å². The molecular formula is C19H26FN3O5S. The fourth-order valence-corrected chi connectivity index (χ4v) is 2.07. The van der Waals surface area contributed by atoms with E-state index >= 15 is 0 Å². The van der Waals surface area contributed by atoms with Crippen LogP contribution in [0.2, 0.25) is 0 Å². The van der Waals surface area contributed by atoms with Crippen LogP contribution >= 0.6 is 0 Å². The van der Waals surface area contributed by atoms with E-state index in [2.05, 4.69) is 24.1 Å². The highest BCUT2D eigenvalue weighted by molar-refractivity contribution is 7.85. The highest BCUT2D eigenvalue weighted by Gasteiger charge is 2.08. The number of rotatable bonds is 8. The van der Waals surface area contributed by atoms with Crippen molar-refractivity contribution in [1.29, 1.82) is 0 Å². The van der Waals surface area contributed by atoms with E-state index in [1.165, 1.54) is 24.4 Å². The van der Waals surface area contributed by atoms with E-state index in [4.69, 9.17) is 15.0 Å². The molecule has 0 saturated heterocycles. The molecule has 0 fully saturated rings. The van der Waals surface area contributed by atoms with Gasteiger partial charge in [-0.15, -0.1) is 0 Å². The number of aromatic nitrogens is 1. The SMILES string of the molecule is CC(C)CCNCc1ccc(Oc2ccc(C(N)=O)nc2)c(F)c1.CS(=O)(=O)O. The zero-order valence-electron chi connectivity index (χ0n) is 16.6. The number of hydrogen-bond acceptors (Lipinski definition) is 6. The average molecular weight is 427 g/mol. The number of carbonyl (C=O) groups excluding carboxylic acids is 1. The van der Waals surface area contributed by atoms with Crippen LogP contribution in [0.3, 0.4) is 0 Å². The van der Waals surface area contributed by atoms with Gasteiger partial charge in [0.1, 0.15) is 11.4 Å². The number of hydrogen-bond donors (Lipinski definition) is 3. The third-order valence-corrected chi connectivity index (χ3v) is 3.44. The Balaban J connectivity index is 0.000000749. The molecule has 0 saturated carbocycles. The summed E-state index contributed by atoms with van der Waals surface area (Å²) in [4.78, 5) is 14.8. The van der Waals surface area contributed by atoms with Crippen molar-refractivity contribution >= 4 is 16.0 Å². The van der Waals surface area contributed by atoms with E-state index in [1.807, 2.05) is 6.07 Å². The van der Waals surface area contributed by atoms with Crippen molar-refractivity contribution in [3.63, 3.8) is 0 Å². The zero-order chi connectivity index (χ0) is 22.0. The van der Waals surface area contributed by atoms with Gasteiger partial charge >= 0.3 is 0 Å². The van der Waals surface area contributed by atoms with Crippen molar-refractivity contribution in [2.24, 2.45) is 11.7 Å². The van der Waals surface area contributed by atoms with E-state index in [1.54, 1.807) is 6.07 Å². The molecule has 4 N–H and O–H groups in total. The minimum Gasteiger partial charge on any atom is -0.453 e. The summed E-state index contributed by atoms with van der Waals surface area (Å²) in [7, 11) is -3.67. The Hall–Kier alpha value is -2.56. The first-order valence-corrected chi connectivity index (χ1v) is 10.7. The number of nitrogens with two attached hydrogens (primary N) is 1. The number of ether oxygens (including phenoxy) is 1. The maximum Gasteiger partial charge on any atom is 0.267 e. The van der Waals surface area contributed by atoms with Crippen molar-refractivity contribution in [1.82, 2.24) is 10.3 Å². The molecule has 160 valence electrons. The number of carbonyl (C=O) groups is 1. The lowest BCUT2D eigenvalue weighted by Gasteiger charge is -2.10. The van der Waals surface area contributed by atoms with Crippen molar-refractivity contribution in [3.8, 4) is 11.5 Å². The van der Waals surface area contributed by atoms with Gasteiger partial charge < -0.3 is 15.8 Å². The molecule has 0 atom stereocenters. The van der Waals surface area contributed by atoms with Crippen LogP contribution in [0.25, 0.3) is 0 Å². The summed E-state index contributed by atoms with van der Waals surface area (Å²) in [5.74, 6) is 0.00928. The molecule has 8 nitrogen and oxygen atoms in total. The van der Waals surface area contributed by atoms with Gasteiger partial charge in [0.15, 0.2) is 11.6 Å². The number of benzene rings is 1. The Kier molecular flexibility index (Phi) is 9.66. The topological polar surface area (TPSA) is 132 Å². The Morgan fingerprint density at radius 1 is 1.31 bits per heavy atom. The van der Waals surface area contributed by atoms with Crippen LogP contribution in [0.5, 0.6) is 11.5 Å². The lowest BCUT2D eigenvalue weighted by atomic mass is 10.1. The zero-order valence-corrected chi connectivity index (χ0v) is 17.4. The molecule has 0 spiro atoms. The average Bonchev–Trinajstić information content (AvgIpc) is 2.60. The maximum atomic E-state index is 14.1. The van der Waals surface area contributed by atoms with Gasteiger partial charge in [0, 0.05) is 6.54 Å². The van der Waals surface area contributed by atoms with Crippen LogP contribution in [0.1, 0.15) is 36.3 Å². The summed E-state index contributed by atoms with van der Waals surface area (Å²) in [6, 6.07) is 7.79. The maximum absolute atomic E-state index is 14.1. The molecule has 10 heteroatoms. The highest BCUT2D eigenvalue weighted by atomic mass is 32.2. The number of pyridine rings is 1. The summed E-state index contributed by atoms with van der Waals surface area (Å²) in [6.07, 6.45) is 3.13. The molecule has 0 aliphatic rings. The lowest BCUT2D eigenvalue weighted by Crippen LogP contribution is -2.16. The van der Waals surface area contributed by atoms with E-state index in [-0.39, 0.29) is 11.4 Å². The number of amides is 1. The monoisotopic (exact) mass is 427 g/mol. The van der Waals surface area contributed by atoms with Gasteiger partial charge in [0.05, 0.1) is 12.5 Å². The molecule has 29 heavy (non-hydrogen) atoms. The summed E-state index contributed by atoms with van der Waals surface area (Å²) in [5, 5.41) is 3.28. The predicted octanol–water partition coefficient (Wildman–Crippen LogP) is 2.75. The van der Waals surface area contributed by atoms with Gasteiger partial charge in [-0.2, -0.15) is 8.42 Å². The minimum atomic E-state index is -3.67. The molecule has 0 bridgehead atoms. The second kappa shape index (κ2) is 11.4. The van der Waals surface area contributed by atoms with Gasteiger partial charge in [-0.05, 0) is 48.7 Å². The third kappa shape index (κ3) is 11.1. The van der Waals surface area contributed by atoms with Crippen molar-refractivity contribution < 1.29 is 26.9 Å². The van der Waals surface area contributed by atoms with Gasteiger partial charge in [-0.3, -0.25) is 9.35 Å². The van der Waals surface area contributed by atoms with Crippen LogP contribution in [0.4, 0.5) is 4.39 Å².